The Morgan fingerprint density at radius 1 is 0.465 bits per heavy atom. The summed E-state index contributed by atoms with van der Waals surface area (Å²) in [6.07, 6.45) is 0. The molecule has 0 saturated heterocycles. The van der Waals surface area contributed by atoms with Crippen LogP contribution < -0.4 is 0 Å². The molecule has 0 aliphatic carbocycles. The predicted molar refractivity (Wildman–Crippen MR) is 181 cm³/mol. The normalized spacial score (nSPS) is 11.7. The molecule has 9 rings (SSSR count). The van der Waals surface area contributed by atoms with E-state index < -0.39 is 0 Å². The molecule has 0 spiro atoms. The molecule has 0 unspecified atom stereocenters. The van der Waals surface area contributed by atoms with Crippen LogP contribution in [0.25, 0.3) is 79.0 Å². The highest BCUT2D eigenvalue weighted by Crippen LogP contribution is 2.44. The van der Waals surface area contributed by atoms with Gasteiger partial charge in [0, 0.05) is 56.7 Å². The van der Waals surface area contributed by atoms with E-state index in [0.29, 0.717) is 11.1 Å². The molecule has 9 aromatic rings. The molecule has 0 aliphatic rings. The molecule has 0 N–H and O–H groups in total. The zero-order valence-electron chi connectivity index (χ0n) is 22.6. The topological polar surface area (TPSA) is 52.5 Å². The lowest BCUT2D eigenvalue weighted by atomic mass is 9.99. The molecule has 43 heavy (non-hydrogen) atoms. The van der Waals surface area contributed by atoms with Crippen molar-refractivity contribution in [1.29, 1.82) is 10.5 Å². The van der Waals surface area contributed by atoms with E-state index in [1.807, 2.05) is 24.3 Å². The van der Waals surface area contributed by atoms with E-state index in [0.717, 1.165) is 33.2 Å². The van der Waals surface area contributed by atoms with Crippen molar-refractivity contribution in [3.05, 3.63) is 126 Å². The van der Waals surface area contributed by atoms with Gasteiger partial charge in [-0.25, -0.2) is 0 Å². The summed E-state index contributed by atoms with van der Waals surface area (Å²) in [5, 5.41) is 26.5. The van der Waals surface area contributed by atoms with Crippen LogP contribution in [0.2, 0.25) is 0 Å². The lowest BCUT2D eigenvalue weighted by Gasteiger charge is -2.15. The zero-order valence-corrected chi connectivity index (χ0v) is 24.3. The van der Waals surface area contributed by atoms with Crippen molar-refractivity contribution in [3.8, 4) is 29.0 Å². The Labute approximate surface area is 254 Å². The van der Waals surface area contributed by atoms with Gasteiger partial charge in [-0.1, -0.05) is 48.5 Å². The summed E-state index contributed by atoms with van der Waals surface area (Å²) in [5.41, 5.74) is 6.75. The fourth-order valence-electron chi connectivity index (χ4n) is 6.50. The minimum Gasteiger partial charge on any atom is -0.309 e. The van der Waals surface area contributed by atoms with Crippen LogP contribution >= 0.6 is 22.7 Å². The van der Waals surface area contributed by atoms with Crippen molar-refractivity contribution in [2.45, 2.75) is 0 Å². The van der Waals surface area contributed by atoms with Crippen molar-refractivity contribution in [1.82, 2.24) is 4.57 Å². The highest BCUT2D eigenvalue weighted by atomic mass is 32.1. The third kappa shape index (κ3) is 3.50. The van der Waals surface area contributed by atoms with Crippen molar-refractivity contribution in [2.24, 2.45) is 0 Å². The Hall–Kier alpha value is -5.46. The van der Waals surface area contributed by atoms with Crippen LogP contribution in [0.3, 0.4) is 0 Å². The second-order valence-corrected chi connectivity index (χ2v) is 13.0. The largest absolute Gasteiger partial charge is 0.309 e. The van der Waals surface area contributed by atoms with Crippen LogP contribution in [0.5, 0.6) is 0 Å². The van der Waals surface area contributed by atoms with Crippen LogP contribution in [-0.4, -0.2) is 4.57 Å². The van der Waals surface area contributed by atoms with E-state index in [1.165, 1.54) is 45.7 Å². The van der Waals surface area contributed by atoms with Gasteiger partial charge >= 0.3 is 0 Å². The van der Waals surface area contributed by atoms with Gasteiger partial charge in [-0.15, -0.1) is 22.7 Å². The molecule has 0 amide bonds. The van der Waals surface area contributed by atoms with Gasteiger partial charge in [-0.3, -0.25) is 0 Å². The number of hydrogen-bond donors (Lipinski definition) is 0. The van der Waals surface area contributed by atoms with E-state index in [-0.39, 0.29) is 0 Å². The quantitative estimate of drug-likeness (QED) is 0.204. The molecule has 3 aromatic heterocycles. The zero-order chi connectivity index (χ0) is 28.7. The minimum absolute atomic E-state index is 0.634. The number of nitrogens with zero attached hydrogens (tertiary/aromatic N) is 3. The summed E-state index contributed by atoms with van der Waals surface area (Å²) in [7, 11) is 0. The van der Waals surface area contributed by atoms with Crippen molar-refractivity contribution < 1.29 is 0 Å². The van der Waals surface area contributed by atoms with Gasteiger partial charge in [0.1, 0.15) is 0 Å². The number of para-hydroxylation sites is 2. The molecule has 0 saturated carbocycles. The fraction of sp³-hybridized carbons (Fsp3) is 0. The van der Waals surface area contributed by atoms with Gasteiger partial charge < -0.3 is 4.57 Å². The van der Waals surface area contributed by atoms with Crippen LogP contribution in [0.15, 0.2) is 115 Å². The number of hydrogen-bond acceptors (Lipinski definition) is 4. The SMILES string of the molecule is N#Cc1ccc(-c2ccc3sc4cc5c(cc4c3c2)sc2ccc(C#N)cc25)c(-n2c3ccccc3c3ccccc32)c1. The Kier molecular flexibility index (Phi) is 5.07. The molecule has 3 nitrogen and oxygen atoms in total. The van der Waals surface area contributed by atoms with Gasteiger partial charge in [0.2, 0.25) is 0 Å². The first-order chi connectivity index (χ1) is 21.2. The molecule has 0 bridgehead atoms. The van der Waals surface area contributed by atoms with Gasteiger partial charge in [-0.05, 0) is 72.3 Å². The number of thiophene rings is 2. The lowest BCUT2D eigenvalue weighted by molar-refractivity contribution is 1.18. The van der Waals surface area contributed by atoms with Gasteiger partial charge in [-0.2, -0.15) is 10.5 Å². The monoisotopic (exact) mass is 581 g/mol. The molecule has 0 fully saturated rings. The summed E-state index contributed by atoms with van der Waals surface area (Å²) in [4.78, 5) is 0. The summed E-state index contributed by atoms with van der Waals surface area (Å²) in [6.45, 7) is 0. The lowest BCUT2D eigenvalue weighted by Crippen LogP contribution is -1.98. The maximum atomic E-state index is 9.88. The average Bonchev–Trinajstić information content (AvgIpc) is 3.71. The highest BCUT2D eigenvalue weighted by Gasteiger charge is 2.18. The molecule has 5 heteroatoms. The second kappa shape index (κ2) is 9.02. The molecule has 0 aliphatic heterocycles. The molecular weight excluding hydrogens is 563 g/mol. The van der Waals surface area contributed by atoms with E-state index in [1.54, 1.807) is 22.7 Å². The Morgan fingerprint density at radius 3 is 1.65 bits per heavy atom. The predicted octanol–water partition coefficient (Wildman–Crippen LogP) is 10.9. The molecule has 6 aromatic carbocycles. The molecule has 0 atom stereocenters. The van der Waals surface area contributed by atoms with E-state index in [9.17, 15) is 10.5 Å². The van der Waals surface area contributed by atoms with Crippen molar-refractivity contribution in [3.63, 3.8) is 0 Å². The smallest absolute Gasteiger partial charge is 0.0992 e. The summed E-state index contributed by atoms with van der Waals surface area (Å²) >= 11 is 3.58. The van der Waals surface area contributed by atoms with Crippen molar-refractivity contribution >= 4 is 84.8 Å². The number of nitriles is 2. The minimum atomic E-state index is 0.634. The first kappa shape index (κ1) is 24.2. The number of aromatic nitrogens is 1. The number of benzene rings is 6. The van der Waals surface area contributed by atoms with Crippen molar-refractivity contribution in [2.75, 3.05) is 0 Å². The summed E-state index contributed by atoms with van der Waals surface area (Å²) in [6, 6.07) is 44.9. The summed E-state index contributed by atoms with van der Waals surface area (Å²) in [5.74, 6) is 0. The van der Waals surface area contributed by atoms with E-state index in [4.69, 9.17) is 0 Å². The fourth-order valence-corrected chi connectivity index (χ4v) is 8.71. The van der Waals surface area contributed by atoms with Crippen LogP contribution in [0.4, 0.5) is 0 Å². The highest BCUT2D eigenvalue weighted by molar-refractivity contribution is 7.27. The first-order valence-corrected chi connectivity index (χ1v) is 15.6. The molecule has 0 radical (unpaired) electrons. The maximum Gasteiger partial charge on any atom is 0.0992 e. The number of fused-ring (bicyclic) bond motifs is 9. The Morgan fingerprint density at radius 2 is 1.00 bits per heavy atom. The van der Waals surface area contributed by atoms with Crippen LogP contribution in [0.1, 0.15) is 11.1 Å². The average molecular weight is 582 g/mol. The van der Waals surface area contributed by atoms with Crippen LogP contribution in [0, 0.1) is 22.7 Å². The van der Waals surface area contributed by atoms with Gasteiger partial charge in [0.15, 0.2) is 0 Å². The maximum absolute atomic E-state index is 9.88. The summed E-state index contributed by atoms with van der Waals surface area (Å²) < 4.78 is 7.21. The third-order valence-corrected chi connectivity index (χ3v) is 10.7. The molecule has 198 valence electrons. The first-order valence-electron chi connectivity index (χ1n) is 14.0. The Bertz CT molecular complexity index is 2650. The van der Waals surface area contributed by atoms with Crippen LogP contribution in [-0.2, 0) is 0 Å². The van der Waals surface area contributed by atoms with Gasteiger partial charge in [0.05, 0.1) is 40.0 Å². The third-order valence-electron chi connectivity index (χ3n) is 8.45. The van der Waals surface area contributed by atoms with E-state index in [2.05, 4.69) is 108 Å². The number of rotatable bonds is 2. The second-order valence-electron chi connectivity index (χ2n) is 10.8. The molecule has 3 heterocycles. The Balaban J connectivity index is 1.30. The van der Waals surface area contributed by atoms with E-state index >= 15 is 0 Å². The standard InChI is InChI=1S/C38H19N3S2/c39-20-22-10-13-35-28(15-22)30-18-38-31(19-37(30)42-35)29-17-24(11-14-36(29)43-38)25-12-9-23(21-40)16-34(25)41-32-7-3-1-5-26(32)27-6-2-4-8-33(27)41/h1-19H. The molecular formula is C38H19N3S2. The van der Waals surface area contributed by atoms with Gasteiger partial charge in [0.25, 0.3) is 0 Å².